The van der Waals surface area contributed by atoms with Gasteiger partial charge in [0, 0.05) is 38.3 Å². The Balaban J connectivity index is 1.51. The Labute approximate surface area is 142 Å². The third kappa shape index (κ3) is 4.68. The summed E-state index contributed by atoms with van der Waals surface area (Å²) in [6.07, 6.45) is 2.10. The zero-order chi connectivity index (χ0) is 16.9. The van der Waals surface area contributed by atoms with E-state index < -0.39 is 0 Å². The highest BCUT2D eigenvalue weighted by atomic mass is 19.1. The van der Waals surface area contributed by atoms with Crippen molar-refractivity contribution in [3.63, 3.8) is 0 Å². The predicted molar refractivity (Wildman–Crippen MR) is 90.2 cm³/mol. The lowest BCUT2D eigenvalue weighted by Crippen LogP contribution is -2.49. The lowest BCUT2D eigenvalue weighted by Gasteiger charge is -2.33. The first-order valence-corrected chi connectivity index (χ1v) is 8.74. The summed E-state index contributed by atoms with van der Waals surface area (Å²) in [7, 11) is 0. The number of morpholine rings is 1. The first kappa shape index (κ1) is 17.2. The van der Waals surface area contributed by atoms with Gasteiger partial charge in [-0.1, -0.05) is 12.1 Å². The van der Waals surface area contributed by atoms with Gasteiger partial charge in [-0.3, -0.25) is 4.90 Å². The summed E-state index contributed by atoms with van der Waals surface area (Å²) < 4.78 is 18.4. The van der Waals surface area contributed by atoms with Gasteiger partial charge >= 0.3 is 6.03 Å². The van der Waals surface area contributed by atoms with E-state index in [9.17, 15) is 9.18 Å². The van der Waals surface area contributed by atoms with Gasteiger partial charge in [0.25, 0.3) is 0 Å². The number of urea groups is 1. The minimum atomic E-state index is -0.250. The van der Waals surface area contributed by atoms with Crippen molar-refractivity contribution in [1.82, 2.24) is 15.1 Å². The van der Waals surface area contributed by atoms with Gasteiger partial charge < -0.3 is 15.0 Å². The van der Waals surface area contributed by atoms with E-state index in [2.05, 4.69) is 17.1 Å². The van der Waals surface area contributed by atoms with Gasteiger partial charge in [0.15, 0.2) is 0 Å². The summed E-state index contributed by atoms with van der Waals surface area (Å²) >= 11 is 0. The molecule has 24 heavy (non-hydrogen) atoms. The number of rotatable bonds is 6. The molecule has 1 saturated carbocycles. The van der Waals surface area contributed by atoms with Gasteiger partial charge in [0.2, 0.25) is 0 Å². The quantitative estimate of drug-likeness (QED) is 0.867. The summed E-state index contributed by atoms with van der Waals surface area (Å²) in [4.78, 5) is 16.8. The number of carbonyl (C=O) groups is 1. The van der Waals surface area contributed by atoms with E-state index in [-0.39, 0.29) is 11.8 Å². The van der Waals surface area contributed by atoms with Crippen LogP contribution in [0.4, 0.5) is 9.18 Å². The molecule has 0 radical (unpaired) electrons. The van der Waals surface area contributed by atoms with Crippen molar-refractivity contribution in [2.75, 3.05) is 32.8 Å². The van der Waals surface area contributed by atoms with Crippen molar-refractivity contribution < 1.29 is 13.9 Å². The number of hydrogen-bond acceptors (Lipinski definition) is 3. The van der Waals surface area contributed by atoms with Crippen LogP contribution >= 0.6 is 0 Å². The number of nitrogens with zero attached hydrogens (tertiary/aromatic N) is 2. The number of hydrogen-bond donors (Lipinski definition) is 1. The Morgan fingerprint density at radius 3 is 2.62 bits per heavy atom. The Kier molecular flexibility index (Phi) is 5.68. The van der Waals surface area contributed by atoms with Crippen LogP contribution in [0.3, 0.4) is 0 Å². The number of ether oxygens (including phenoxy) is 1. The normalized spacial score (nSPS) is 19.8. The average molecular weight is 335 g/mol. The molecule has 0 bridgehead atoms. The lowest BCUT2D eigenvalue weighted by molar-refractivity contribution is 0.0206. The van der Waals surface area contributed by atoms with E-state index in [0.717, 1.165) is 44.7 Å². The van der Waals surface area contributed by atoms with Crippen LogP contribution in [0.2, 0.25) is 0 Å². The summed E-state index contributed by atoms with van der Waals surface area (Å²) in [5.74, 6) is -0.250. The van der Waals surface area contributed by atoms with Crippen molar-refractivity contribution in [1.29, 1.82) is 0 Å². The molecule has 1 aliphatic carbocycles. The van der Waals surface area contributed by atoms with Crippen LogP contribution in [0.1, 0.15) is 25.3 Å². The first-order chi connectivity index (χ1) is 11.6. The van der Waals surface area contributed by atoms with Crippen LogP contribution < -0.4 is 5.32 Å². The third-order valence-corrected chi connectivity index (χ3v) is 4.73. The second-order valence-electron chi connectivity index (χ2n) is 6.67. The highest BCUT2D eigenvalue weighted by Gasteiger charge is 2.32. The SMILES string of the molecule is CC(CNC(=O)N(Cc1ccc(F)cc1)C1CC1)N1CCOCC1. The van der Waals surface area contributed by atoms with Gasteiger partial charge in [0.1, 0.15) is 5.82 Å². The molecule has 1 heterocycles. The van der Waals surface area contributed by atoms with E-state index in [1.54, 1.807) is 12.1 Å². The van der Waals surface area contributed by atoms with Crippen LogP contribution in [0.15, 0.2) is 24.3 Å². The Hall–Kier alpha value is -1.66. The molecular weight excluding hydrogens is 309 g/mol. The standard InChI is InChI=1S/C18H26FN3O2/c1-14(21-8-10-24-11-9-21)12-20-18(23)22(17-6-7-17)13-15-2-4-16(19)5-3-15/h2-5,14,17H,6-13H2,1H3,(H,20,23). The van der Waals surface area contributed by atoms with E-state index in [0.29, 0.717) is 25.2 Å². The number of nitrogens with one attached hydrogen (secondary N) is 1. The molecule has 1 aliphatic heterocycles. The molecule has 2 fully saturated rings. The zero-order valence-electron chi connectivity index (χ0n) is 14.2. The van der Waals surface area contributed by atoms with Crippen molar-refractivity contribution in [3.05, 3.63) is 35.6 Å². The molecule has 1 N–H and O–H groups in total. The van der Waals surface area contributed by atoms with E-state index in [1.807, 2.05) is 4.90 Å². The molecule has 1 aromatic carbocycles. The van der Waals surface area contributed by atoms with Crippen LogP contribution in [0, 0.1) is 5.82 Å². The van der Waals surface area contributed by atoms with E-state index in [1.165, 1.54) is 12.1 Å². The highest BCUT2D eigenvalue weighted by molar-refractivity contribution is 5.75. The van der Waals surface area contributed by atoms with E-state index in [4.69, 9.17) is 4.74 Å². The van der Waals surface area contributed by atoms with E-state index >= 15 is 0 Å². The third-order valence-electron chi connectivity index (χ3n) is 4.73. The fourth-order valence-corrected chi connectivity index (χ4v) is 3.02. The predicted octanol–water partition coefficient (Wildman–Crippen LogP) is 2.22. The largest absolute Gasteiger partial charge is 0.379 e. The van der Waals surface area contributed by atoms with Crippen molar-refractivity contribution in [3.8, 4) is 0 Å². The van der Waals surface area contributed by atoms with Gasteiger partial charge in [0.05, 0.1) is 13.2 Å². The smallest absolute Gasteiger partial charge is 0.318 e. The zero-order valence-corrected chi connectivity index (χ0v) is 14.2. The summed E-state index contributed by atoms with van der Waals surface area (Å²) in [6.45, 7) is 6.65. The lowest BCUT2D eigenvalue weighted by atomic mass is 10.2. The molecular formula is C18H26FN3O2. The summed E-state index contributed by atoms with van der Waals surface area (Å²) in [6, 6.07) is 6.96. The monoisotopic (exact) mass is 335 g/mol. The van der Waals surface area contributed by atoms with Crippen molar-refractivity contribution in [2.24, 2.45) is 0 Å². The molecule has 1 aromatic rings. The molecule has 2 aliphatic rings. The van der Waals surface area contributed by atoms with Gasteiger partial charge in [-0.05, 0) is 37.5 Å². The van der Waals surface area contributed by atoms with Crippen LogP contribution in [0.5, 0.6) is 0 Å². The molecule has 5 nitrogen and oxygen atoms in total. The Bertz CT molecular complexity index is 542. The maximum atomic E-state index is 13.0. The maximum Gasteiger partial charge on any atom is 0.318 e. The maximum absolute atomic E-state index is 13.0. The summed E-state index contributed by atoms with van der Waals surface area (Å²) in [5.41, 5.74) is 0.958. The van der Waals surface area contributed by atoms with Crippen LogP contribution in [0.25, 0.3) is 0 Å². The number of benzene rings is 1. The van der Waals surface area contributed by atoms with Gasteiger partial charge in [-0.15, -0.1) is 0 Å². The number of carbonyl (C=O) groups excluding carboxylic acids is 1. The molecule has 1 unspecified atom stereocenters. The molecule has 1 atom stereocenters. The highest BCUT2D eigenvalue weighted by Crippen LogP contribution is 2.28. The molecule has 1 saturated heterocycles. The minimum absolute atomic E-state index is 0.0260. The fraction of sp³-hybridized carbons (Fsp3) is 0.611. The molecule has 0 aromatic heterocycles. The van der Waals surface area contributed by atoms with Crippen molar-refractivity contribution >= 4 is 6.03 Å². The number of amides is 2. The Morgan fingerprint density at radius 2 is 2.00 bits per heavy atom. The first-order valence-electron chi connectivity index (χ1n) is 8.74. The van der Waals surface area contributed by atoms with Crippen molar-refractivity contribution in [2.45, 2.75) is 38.4 Å². The number of halogens is 1. The fourth-order valence-electron chi connectivity index (χ4n) is 3.02. The van der Waals surface area contributed by atoms with Crippen LogP contribution in [-0.4, -0.2) is 60.8 Å². The topological polar surface area (TPSA) is 44.8 Å². The van der Waals surface area contributed by atoms with Gasteiger partial charge in [-0.2, -0.15) is 0 Å². The Morgan fingerprint density at radius 1 is 1.33 bits per heavy atom. The van der Waals surface area contributed by atoms with Crippen LogP contribution in [-0.2, 0) is 11.3 Å². The van der Waals surface area contributed by atoms with Gasteiger partial charge in [-0.25, -0.2) is 9.18 Å². The second-order valence-corrected chi connectivity index (χ2v) is 6.67. The molecule has 2 amide bonds. The molecule has 0 spiro atoms. The average Bonchev–Trinajstić information content (AvgIpc) is 3.44. The summed E-state index contributed by atoms with van der Waals surface area (Å²) in [5, 5.41) is 3.06. The molecule has 132 valence electrons. The molecule has 6 heteroatoms. The molecule has 3 rings (SSSR count). The minimum Gasteiger partial charge on any atom is -0.379 e. The second kappa shape index (κ2) is 7.94.